The maximum atomic E-state index is 11.9. The summed E-state index contributed by atoms with van der Waals surface area (Å²) in [6.45, 7) is 0. The van der Waals surface area contributed by atoms with E-state index in [1.54, 1.807) is 30.5 Å². The minimum atomic E-state index is -0.139. The molecule has 0 aliphatic heterocycles. The van der Waals surface area contributed by atoms with E-state index in [4.69, 9.17) is 8.83 Å². The fourth-order valence-corrected chi connectivity index (χ4v) is 2.34. The molecule has 2 aromatic heterocycles. The summed E-state index contributed by atoms with van der Waals surface area (Å²) >= 11 is 0. The molecule has 1 saturated carbocycles. The molecule has 94 valence electrons. The Morgan fingerprint density at radius 1 is 1.17 bits per heavy atom. The highest BCUT2D eigenvalue weighted by atomic mass is 16.4. The van der Waals surface area contributed by atoms with Gasteiger partial charge in [-0.05, 0) is 37.1 Å². The standard InChI is InChI=1S/C14H15NO3/c16-14(15-10-4-1-2-5-10)13-8-7-12(18-13)11-6-3-9-17-11/h3,6-10H,1-2,4-5H2,(H,15,16). The van der Waals surface area contributed by atoms with Crippen molar-refractivity contribution in [2.24, 2.45) is 0 Å². The van der Waals surface area contributed by atoms with Crippen LogP contribution in [0.4, 0.5) is 0 Å². The van der Waals surface area contributed by atoms with Gasteiger partial charge in [0.2, 0.25) is 0 Å². The molecular weight excluding hydrogens is 230 g/mol. The lowest BCUT2D eigenvalue weighted by Crippen LogP contribution is -2.32. The topological polar surface area (TPSA) is 55.4 Å². The molecule has 0 atom stereocenters. The van der Waals surface area contributed by atoms with Gasteiger partial charge in [-0.15, -0.1) is 0 Å². The Hall–Kier alpha value is -1.97. The van der Waals surface area contributed by atoms with Crippen molar-refractivity contribution >= 4 is 5.91 Å². The van der Waals surface area contributed by atoms with Crippen LogP contribution >= 0.6 is 0 Å². The first-order valence-electron chi connectivity index (χ1n) is 6.27. The molecule has 1 N–H and O–H groups in total. The lowest BCUT2D eigenvalue weighted by atomic mass is 10.2. The van der Waals surface area contributed by atoms with Crippen LogP contribution in [0.5, 0.6) is 0 Å². The zero-order valence-electron chi connectivity index (χ0n) is 10.0. The average molecular weight is 245 g/mol. The summed E-state index contributed by atoms with van der Waals surface area (Å²) in [5.41, 5.74) is 0. The summed E-state index contributed by atoms with van der Waals surface area (Å²) < 4.78 is 10.7. The lowest BCUT2D eigenvalue weighted by Gasteiger charge is -2.09. The molecule has 1 aliphatic carbocycles. The van der Waals surface area contributed by atoms with E-state index in [-0.39, 0.29) is 5.91 Å². The van der Waals surface area contributed by atoms with Crippen molar-refractivity contribution in [3.05, 3.63) is 36.3 Å². The van der Waals surface area contributed by atoms with Crippen molar-refractivity contribution in [3.8, 4) is 11.5 Å². The SMILES string of the molecule is O=C(NC1CCCC1)c1ccc(-c2ccco2)o1. The minimum absolute atomic E-state index is 0.139. The van der Waals surface area contributed by atoms with Crippen LogP contribution in [-0.4, -0.2) is 11.9 Å². The predicted octanol–water partition coefficient (Wildman–Crippen LogP) is 3.21. The Morgan fingerprint density at radius 2 is 2.00 bits per heavy atom. The quantitative estimate of drug-likeness (QED) is 0.903. The van der Waals surface area contributed by atoms with Crippen LogP contribution in [0, 0.1) is 0 Å². The molecule has 1 amide bonds. The van der Waals surface area contributed by atoms with Gasteiger partial charge < -0.3 is 14.2 Å². The molecule has 3 rings (SSSR count). The van der Waals surface area contributed by atoms with Crippen molar-refractivity contribution in [1.82, 2.24) is 5.32 Å². The largest absolute Gasteiger partial charge is 0.461 e. The van der Waals surface area contributed by atoms with Gasteiger partial charge >= 0.3 is 0 Å². The molecule has 0 spiro atoms. The van der Waals surface area contributed by atoms with Crippen LogP contribution in [0.15, 0.2) is 39.4 Å². The highest BCUT2D eigenvalue weighted by Crippen LogP contribution is 2.23. The molecule has 2 heterocycles. The van der Waals surface area contributed by atoms with Crippen LogP contribution in [0.25, 0.3) is 11.5 Å². The van der Waals surface area contributed by atoms with E-state index in [2.05, 4.69) is 5.32 Å². The van der Waals surface area contributed by atoms with Crippen molar-refractivity contribution in [3.63, 3.8) is 0 Å². The monoisotopic (exact) mass is 245 g/mol. The first kappa shape index (κ1) is 11.1. The van der Waals surface area contributed by atoms with Gasteiger partial charge in [0.05, 0.1) is 6.26 Å². The highest BCUT2D eigenvalue weighted by molar-refractivity contribution is 5.92. The maximum absolute atomic E-state index is 11.9. The summed E-state index contributed by atoms with van der Waals surface area (Å²) in [7, 11) is 0. The molecule has 0 saturated heterocycles. The molecule has 0 aromatic carbocycles. The van der Waals surface area contributed by atoms with Crippen LogP contribution in [-0.2, 0) is 0 Å². The number of carbonyl (C=O) groups is 1. The Morgan fingerprint density at radius 3 is 2.72 bits per heavy atom. The van der Waals surface area contributed by atoms with E-state index in [0.29, 0.717) is 23.3 Å². The van der Waals surface area contributed by atoms with Crippen LogP contribution < -0.4 is 5.32 Å². The van der Waals surface area contributed by atoms with Crippen molar-refractivity contribution in [2.75, 3.05) is 0 Å². The number of rotatable bonds is 3. The summed E-state index contributed by atoms with van der Waals surface area (Å²) in [6.07, 6.45) is 6.10. The molecule has 0 radical (unpaired) electrons. The fourth-order valence-electron chi connectivity index (χ4n) is 2.34. The minimum Gasteiger partial charge on any atom is -0.461 e. The number of hydrogen-bond acceptors (Lipinski definition) is 3. The summed E-state index contributed by atoms with van der Waals surface area (Å²) in [5.74, 6) is 1.42. The first-order valence-corrected chi connectivity index (χ1v) is 6.27. The second-order valence-corrected chi connectivity index (χ2v) is 4.60. The normalized spacial score (nSPS) is 16.0. The van der Waals surface area contributed by atoms with E-state index in [1.165, 1.54) is 12.8 Å². The number of amides is 1. The summed E-state index contributed by atoms with van der Waals surface area (Å²) in [4.78, 5) is 11.9. The molecule has 4 nitrogen and oxygen atoms in total. The van der Waals surface area contributed by atoms with Crippen molar-refractivity contribution < 1.29 is 13.6 Å². The Balaban J connectivity index is 1.70. The van der Waals surface area contributed by atoms with Gasteiger partial charge in [0, 0.05) is 6.04 Å². The predicted molar refractivity (Wildman–Crippen MR) is 66.1 cm³/mol. The molecule has 0 unspecified atom stereocenters. The molecule has 1 fully saturated rings. The van der Waals surface area contributed by atoms with Gasteiger partial charge in [-0.3, -0.25) is 4.79 Å². The van der Waals surface area contributed by atoms with E-state index >= 15 is 0 Å². The third kappa shape index (κ3) is 2.18. The van der Waals surface area contributed by atoms with Gasteiger partial charge in [-0.1, -0.05) is 12.8 Å². The van der Waals surface area contributed by atoms with Gasteiger partial charge in [0.15, 0.2) is 17.3 Å². The second-order valence-electron chi connectivity index (χ2n) is 4.60. The molecule has 1 aliphatic rings. The second kappa shape index (κ2) is 4.72. The summed E-state index contributed by atoms with van der Waals surface area (Å²) in [5, 5.41) is 2.99. The highest BCUT2D eigenvalue weighted by Gasteiger charge is 2.20. The number of furan rings is 2. The lowest BCUT2D eigenvalue weighted by molar-refractivity contribution is 0.0910. The summed E-state index contributed by atoms with van der Waals surface area (Å²) in [6, 6.07) is 7.33. The molecule has 2 aromatic rings. The molecule has 0 bridgehead atoms. The average Bonchev–Trinajstić information content (AvgIpc) is 3.11. The third-order valence-electron chi connectivity index (χ3n) is 3.28. The van der Waals surface area contributed by atoms with Crippen LogP contribution in [0.3, 0.4) is 0 Å². The number of hydrogen-bond donors (Lipinski definition) is 1. The Kier molecular flexibility index (Phi) is 2.92. The number of carbonyl (C=O) groups excluding carboxylic acids is 1. The van der Waals surface area contributed by atoms with Gasteiger partial charge in [-0.25, -0.2) is 0 Å². The third-order valence-corrected chi connectivity index (χ3v) is 3.28. The Bertz CT molecular complexity index is 521. The van der Waals surface area contributed by atoms with E-state index < -0.39 is 0 Å². The van der Waals surface area contributed by atoms with E-state index in [0.717, 1.165) is 12.8 Å². The van der Waals surface area contributed by atoms with Gasteiger partial charge in [-0.2, -0.15) is 0 Å². The molecule has 18 heavy (non-hydrogen) atoms. The van der Waals surface area contributed by atoms with Crippen LogP contribution in [0.1, 0.15) is 36.2 Å². The smallest absolute Gasteiger partial charge is 0.287 e. The van der Waals surface area contributed by atoms with Crippen molar-refractivity contribution in [1.29, 1.82) is 0 Å². The van der Waals surface area contributed by atoms with Crippen LogP contribution in [0.2, 0.25) is 0 Å². The van der Waals surface area contributed by atoms with E-state index in [9.17, 15) is 4.79 Å². The van der Waals surface area contributed by atoms with Gasteiger partial charge in [0.1, 0.15) is 0 Å². The molecule has 4 heteroatoms. The maximum Gasteiger partial charge on any atom is 0.287 e. The zero-order chi connectivity index (χ0) is 12.4. The zero-order valence-corrected chi connectivity index (χ0v) is 10.0. The molecular formula is C14H15NO3. The fraction of sp³-hybridized carbons (Fsp3) is 0.357. The first-order chi connectivity index (χ1) is 8.83. The van der Waals surface area contributed by atoms with Gasteiger partial charge in [0.25, 0.3) is 5.91 Å². The van der Waals surface area contributed by atoms with Crippen molar-refractivity contribution in [2.45, 2.75) is 31.7 Å². The Labute approximate surface area is 105 Å². The number of nitrogens with one attached hydrogen (secondary N) is 1. The van der Waals surface area contributed by atoms with E-state index in [1.807, 2.05) is 0 Å².